The van der Waals surface area contributed by atoms with Gasteiger partial charge in [0, 0.05) is 19.1 Å². The van der Waals surface area contributed by atoms with E-state index < -0.39 is 6.10 Å². The molecule has 1 saturated carbocycles. The molecule has 1 N–H and O–H groups in total. The van der Waals surface area contributed by atoms with Gasteiger partial charge in [-0.3, -0.25) is 9.69 Å². The molecule has 1 saturated heterocycles. The lowest BCUT2D eigenvalue weighted by molar-refractivity contribution is -0.147. The van der Waals surface area contributed by atoms with Gasteiger partial charge in [0.15, 0.2) is 0 Å². The van der Waals surface area contributed by atoms with E-state index in [1.807, 2.05) is 12.1 Å². The number of rotatable bonds is 9. The van der Waals surface area contributed by atoms with Crippen LogP contribution >= 0.6 is 0 Å². The molecule has 1 atom stereocenters. The van der Waals surface area contributed by atoms with Crippen molar-refractivity contribution >= 4 is 5.97 Å². The molecule has 0 radical (unpaired) electrons. The van der Waals surface area contributed by atoms with Crippen LogP contribution in [0.15, 0.2) is 24.3 Å². The molecule has 0 bridgehead atoms. The number of aliphatic hydroxyl groups excluding tert-OH is 1. The van der Waals surface area contributed by atoms with E-state index in [1.165, 1.54) is 44.8 Å². The summed E-state index contributed by atoms with van der Waals surface area (Å²) in [5.74, 6) is 0.690. The van der Waals surface area contributed by atoms with Crippen molar-refractivity contribution in [3.05, 3.63) is 29.8 Å². The monoisotopic (exact) mass is 418 g/mol. The highest BCUT2D eigenvalue weighted by Crippen LogP contribution is 2.24. The summed E-state index contributed by atoms with van der Waals surface area (Å²) in [6, 6.07) is 8.91. The fourth-order valence-corrected chi connectivity index (χ4v) is 4.73. The van der Waals surface area contributed by atoms with Gasteiger partial charge in [0.2, 0.25) is 0 Å². The number of hydrogen-bond acceptors (Lipinski definition) is 6. The van der Waals surface area contributed by atoms with Gasteiger partial charge in [0.1, 0.15) is 18.5 Å². The summed E-state index contributed by atoms with van der Waals surface area (Å²) in [7, 11) is 3.66. The van der Waals surface area contributed by atoms with E-state index in [9.17, 15) is 9.90 Å². The van der Waals surface area contributed by atoms with Crippen molar-refractivity contribution in [1.29, 1.82) is 0 Å². The minimum Gasteiger partial charge on any atom is -0.491 e. The Morgan fingerprint density at radius 2 is 1.93 bits per heavy atom. The van der Waals surface area contributed by atoms with Crippen LogP contribution in [0.1, 0.15) is 50.5 Å². The van der Waals surface area contributed by atoms with Gasteiger partial charge in [-0.25, -0.2) is 0 Å². The minimum absolute atomic E-state index is 0.00544. The Balaban J connectivity index is 1.40. The van der Waals surface area contributed by atoms with E-state index >= 15 is 0 Å². The number of methoxy groups -OCH3 is 1. The third-order valence-electron chi connectivity index (χ3n) is 6.56. The van der Waals surface area contributed by atoms with E-state index in [-0.39, 0.29) is 18.5 Å². The molecule has 1 aromatic rings. The topological polar surface area (TPSA) is 62.2 Å². The number of carbonyl (C=O) groups excluding carboxylic acids is 1. The van der Waals surface area contributed by atoms with E-state index in [0.717, 1.165) is 38.2 Å². The number of ether oxygens (including phenoxy) is 2. The Labute approximate surface area is 181 Å². The van der Waals surface area contributed by atoms with Crippen molar-refractivity contribution in [3.8, 4) is 5.75 Å². The molecule has 1 aliphatic heterocycles. The maximum Gasteiger partial charge on any atom is 0.308 e. The van der Waals surface area contributed by atoms with Crippen molar-refractivity contribution in [2.75, 3.05) is 40.4 Å². The van der Waals surface area contributed by atoms with Gasteiger partial charge >= 0.3 is 5.97 Å². The number of likely N-dealkylation sites (tertiary alicyclic amines) is 1. The van der Waals surface area contributed by atoms with Crippen LogP contribution in [0.4, 0.5) is 0 Å². The van der Waals surface area contributed by atoms with Gasteiger partial charge in [-0.15, -0.1) is 0 Å². The molecule has 2 fully saturated rings. The lowest BCUT2D eigenvalue weighted by Gasteiger charge is -2.32. The second-order valence-corrected chi connectivity index (χ2v) is 8.92. The van der Waals surface area contributed by atoms with Gasteiger partial charge in [-0.1, -0.05) is 31.4 Å². The maximum absolute atomic E-state index is 11.6. The Hall–Kier alpha value is -1.63. The molecule has 0 amide bonds. The lowest BCUT2D eigenvalue weighted by Crippen LogP contribution is -2.42. The highest BCUT2D eigenvalue weighted by Gasteiger charge is 2.26. The van der Waals surface area contributed by atoms with Crippen molar-refractivity contribution in [3.63, 3.8) is 0 Å². The highest BCUT2D eigenvalue weighted by molar-refractivity contribution is 5.72. The number of carbonyl (C=O) groups is 1. The van der Waals surface area contributed by atoms with Crippen LogP contribution in [-0.4, -0.2) is 73.4 Å². The van der Waals surface area contributed by atoms with Gasteiger partial charge in [0.05, 0.1) is 13.0 Å². The summed E-state index contributed by atoms with van der Waals surface area (Å²) >= 11 is 0. The fourth-order valence-electron chi connectivity index (χ4n) is 4.73. The molecule has 0 spiro atoms. The van der Waals surface area contributed by atoms with E-state index in [4.69, 9.17) is 9.47 Å². The van der Waals surface area contributed by atoms with E-state index in [1.54, 1.807) is 0 Å². The van der Waals surface area contributed by atoms with Crippen molar-refractivity contribution in [2.45, 2.75) is 63.6 Å². The first-order valence-corrected chi connectivity index (χ1v) is 11.5. The van der Waals surface area contributed by atoms with E-state index in [2.05, 4.69) is 29.0 Å². The standard InChI is InChI=1S/C24H38N2O4/c1-25(21-8-4-3-5-9-21)16-19-7-6-10-23(15-19)30-18-22(27)17-26-13-11-20(12-14-26)24(28)29-2/h6-7,10,15,20-22,27H,3-5,8-9,11-14,16-18H2,1-2H3/t22-/m1/s1. The van der Waals surface area contributed by atoms with Crippen LogP contribution in [0, 0.1) is 5.92 Å². The molecule has 1 aliphatic carbocycles. The molecule has 0 unspecified atom stereocenters. The van der Waals surface area contributed by atoms with Crippen LogP contribution in [-0.2, 0) is 16.1 Å². The molecular weight excluding hydrogens is 380 g/mol. The number of benzene rings is 1. The fraction of sp³-hybridized carbons (Fsp3) is 0.708. The molecule has 0 aromatic heterocycles. The van der Waals surface area contributed by atoms with Crippen LogP contribution < -0.4 is 4.74 Å². The van der Waals surface area contributed by atoms with Crippen LogP contribution in [0.3, 0.4) is 0 Å². The second kappa shape index (κ2) is 11.7. The van der Waals surface area contributed by atoms with E-state index in [0.29, 0.717) is 12.6 Å². The van der Waals surface area contributed by atoms with Gasteiger partial charge in [-0.05, 0) is 63.5 Å². The zero-order valence-corrected chi connectivity index (χ0v) is 18.6. The molecule has 1 heterocycles. The smallest absolute Gasteiger partial charge is 0.308 e. The summed E-state index contributed by atoms with van der Waals surface area (Å²) in [6.07, 6.45) is 7.69. The SMILES string of the molecule is COC(=O)C1CCN(C[C@@H](O)COc2cccc(CN(C)C3CCCCC3)c2)CC1. The first-order valence-electron chi connectivity index (χ1n) is 11.5. The second-order valence-electron chi connectivity index (χ2n) is 8.92. The van der Waals surface area contributed by atoms with Crippen LogP contribution in [0.5, 0.6) is 5.75 Å². The summed E-state index contributed by atoms with van der Waals surface area (Å²) < 4.78 is 10.7. The molecule has 1 aromatic carbocycles. The zero-order valence-electron chi connectivity index (χ0n) is 18.6. The zero-order chi connectivity index (χ0) is 21.3. The van der Waals surface area contributed by atoms with Gasteiger partial charge < -0.3 is 19.5 Å². The maximum atomic E-state index is 11.6. The van der Waals surface area contributed by atoms with Crippen molar-refractivity contribution < 1.29 is 19.4 Å². The Bertz CT molecular complexity index is 654. The number of piperidine rings is 1. The van der Waals surface area contributed by atoms with Crippen molar-refractivity contribution in [2.24, 2.45) is 5.92 Å². The molecule has 2 aliphatic rings. The number of nitrogens with zero attached hydrogens (tertiary/aromatic N) is 2. The lowest BCUT2D eigenvalue weighted by atomic mass is 9.94. The Morgan fingerprint density at radius 3 is 2.63 bits per heavy atom. The summed E-state index contributed by atoms with van der Waals surface area (Å²) in [4.78, 5) is 16.3. The molecule has 6 nitrogen and oxygen atoms in total. The van der Waals surface area contributed by atoms with Gasteiger partial charge in [-0.2, -0.15) is 0 Å². The average Bonchev–Trinajstić information content (AvgIpc) is 2.78. The summed E-state index contributed by atoms with van der Waals surface area (Å²) in [6.45, 7) is 3.38. The predicted octanol–water partition coefficient (Wildman–Crippen LogP) is 3.08. The number of esters is 1. The molecular formula is C24H38N2O4. The normalized spacial score (nSPS) is 20.3. The van der Waals surface area contributed by atoms with Crippen molar-refractivity contribution in [1.82, 2.24) is 9.80 Å². The minimum atomic E-state index is -0.548. The van der Waals surface area contributed by atoms with Crippen LogP contribution in [0.2, 0.25) is 0 Å². The number of β-amino-alcohol motifs (C(OH)–C–C–N with tert-alkyl or cyclic N) is 1. The Morgan fingerprint density at radius 1 is 1.20 bits per heavy atom. The third kappa shape index (κ3) is 6.96. The number of hydrogen-bond donors (Lipinski definition) is 1. The highest BCUT2D eigenvalue weighted by atomic mass is 16.5. The number of aliphatic hydroxyl groups is 1. The molecule has 6 heteroatoms. The predicted molar refractivity (Wildman–Crippen MR) is 117 cm³/mol. The molecule has 3 rings (SSSR count). The summed E-state index contributed by atoms with van der Waals surface area (Å²) in [5.41, 5.74) is 1.25. The Kier molecular flexibility index (Phi) is 8.97. The first-order chi connectivity index (χ1) is 14.5. The summed E-state index contributed by atoms with van der Waals surface area (Å²) in [5, 5.41) is 10.4. The quantitative estimate of drug-likeness (QED) is 0.622. The van der Waals surface area contributed by atoms with Gasteiger partial charge in [0.25, 0.3) is 0 Å². The largest absolute Gasteiger partial charge is 0.491 e. The first kappa shape index (κ1) is 23.0. The molecule has 168 valence electrons. The van der Waals surface area contributed by atoms with Crippen LogP contribution in [0.25, 0.3) is 0 Å². The average molecular weight is 419 g/mol. The third-order valence-corrected chi connectivity index (χ3v) is 6.56. The molecule has 30 heavy (non-hydrogen) atoms.